The molecule has 2 heteroatoms. The lowest BCUT2D eigenvalue weighted by Gasteiger charge is -2.26. The molecule has 0 bridgehead atoms. The van der Waals surface area contributed by atoms with E-state index in [1.54, 1.807) is 0 Å². The van der Waals surface area contributed by atoms with Gasteiger partial charge >= 0.3 is 0 Å². The Kier molecular flexibility index (Phi) is 5.05. The largest absolute Gasteiger partial charge is 0.311 e. The maximum Gasteiger partial charge on any atom is 0.0175 e. The molecule has 17 heavy (non-hydrogen) atoms. The van der Waals surface area contributed by atoms with Crippen LogP contribution in [-0.2, 0) is 6.42 Å². The first-order valence-electron chi connectivity index (χ1n) is 6.74. The average molecular weight is 296 g/mol. The summed E-state index contributed by atoms with van der Waals surface area (Å²) in [4.78, 5) is 0. The standard InChI is InChI=1S/C15H22BrN/c1-12(17-15-5-3-2-4-6-15)11-13-7-9-14(16)10-8-13/h7-10,12,15,17H,2-6,11H2,1H3. The van der Waals surface area contributed by atoms with Gasteiger partial charge < -0.3 is 5.32 Å². The minimum Gasteiger partial charge on any atom is -0.311 e. The van der Waals surface area contributed by atoms with Gasteiger partial charge in [-0.1, -0.05) is 47.3 Å². The molecule has 1 saturated carbocycles. The quantitative estimate of drug-likeness (QED) is 0.873. The van der Waals surface area contributed by atoms with E-state index in [1.165, 1.54) is 37.7 Å². The van der Waals surface area contributed by atoms with Gasteiger partial charge in [-0.2, -0.15) is 0 Å². The SMILES string of the molecule is CC(Cc1ccc(Br)cc1)NC1CCCCC1. The van der Waals surface area contributed by atoms with Gasteiger partial charge in [0.15, 0.2) is 0 Å². The van der Waals surface area contributed by atoms with Crippen LogP contribution in [0.1, 0.15) is 44.6 Å². The molecule has 0 aromatic heterocycles. The first kappa shape index (κ1) is 13.1. The van der Waals surface area contributed by atoms with Crippen molar-refractivity contribution in [2.24, 2.45) is 0 Å². The Morgan fingerprint density at radius 2 is 1.82 bits per heavy atom. The van der Waals surface area contributed by atoms with E-state index in [4.69, 9.17) is 0 Å². The van der Waals surface area contributed by atoms with Gasteiger partial charge in [-0.05, 0) is 43.9 Å². The van der Waals surface area contributed by atoms with E-state index in [-0.39, 0.29) is 0 Å². The summed E-state index contributed by atoms with van der Waals surface area (Å²) in [5.41, 5.74) is 1.42. The summed E-state index contributed by atoms with van der Waals surface area (Å²) in [6, 6.07) is 10.0. The van der Waals surface area contributed by atoms with Crippen LogP contribution in [0.2, 0.25) is 0 Å². The third-order valence-corrected chi connectivity index (χ3v) is 4.11. The molecule has 1 aliphatic rings. The van der Waals surface area contributed by atoms with Gasteiger partial charge in [0.25, 0.3) is 0 Å². The second-order valence-corrected chi connectivity index (χ2v) is 6.15. The van der Waals surface area contributed by atoms with Crippen LogP contribution >= 0.6 is 15.9 Å². The molecule has 0 amide bonds. The lowest BCUT2D eigenvalue weighted by atomic mass is 9.94. The van der Waals surface area contributed by atoms with E-state index >= 15 is 0 Å². The number of benzene rings is 1. The second-order valence-electron chi connectivity index (χ2n) is 5.23. The lowest BCUT2D eigenvalue weighted by Crippen LogP contribution is -2.38. The summed E-state index contributed by atoms with van der Waals surface area (Å²) in [7, 11) is 0. The van der Waals surface area contributed by atoms with E-state index in [2.05, 4.69) is 52.4 Å². The van der Waals surface area contributed by atoms with Gasteiger partial charge in [0.05, 0.1) is 0 Å². The van der Waals surface area contributed by atoms with E-state index < -0.39 is 0 Å². The number of rotatable bonds is 4. The van der Waals surface area contributed by atoms with Gasteiger partial charge in [-0.15, -0.1) is 0 Å². The number of hydrogen-bond acceptors (Lipinski definition) is 1. The molecule has 1 nitrogen and oxygen atoms in total. The van der Waals surface area contributed by atoms with Crippen LogP contribution in [0.5, 0.6) is 0 Å². The van der Waals surface area contributed by atoms with Crippen molar-refractivity contribution in [3.05, 3.63) is 34.3 Å². The van der Waals surface area contributed by atoms with Crippen molar-refractivity contribution < 1.29 is 0 Å². The van der Waals surface area contributed by atoms with Crippen LogP contribution in [-0.4, -0.2) is 12.1 Å². The summed E-state index contributed by atoms with van der Waals surface area (Å²) in [6.07, 6.45) is 8.10. The molecule has 1 atom stereocenters. The summed E-state index contributed by atoms with van der Waals surface area (Å²) in [5, 5.41) is 3.77. The third-order valence-electron chi connectivity index (χ3n) is 3.58. The van der Waals surface area contributed by atoms with Crippen LogP contribution in [0.25, 0.3) is 0 Å². The molecule has 0 radical (unpaired) electrons. The van der Waals surface area contributed by atoms with Crippen LogP contribution in [0.15, 0.2) is 28.7 Å². The van der Waals surface area contributed by atoms with Crippen molar-refractivity contribution in [3.8, 4) is 0 Å². The molecule has 1 aliphatic carbocycles. The smallest absolute Gasteiger partial charge is 0.0175 e. The molecular weight excluding hydrogens is 274 g/mol. The highest BCUT2D eigenvalue weighted by Crippen LogP contribution is 2.18. The fraction of sp³-hybridized carbons (Fsp3) is 0.600. The Balaban J connectivity index is 1.79. The van der Waals surface area contributed by atoms with E-state index in [0.29, 0.717) is 6.04 Å². The third kappa shape index (κ3) is 4.44. The van der Waals surface area contributed by atoms with Gasteiger partial charge in [0.2, 0.25) is 0 Å². The van der Waals surface area contributed by atoms with Crippen molar-refractivity contribution in [3.63, 3.8) is 0 Å². The first-order valence-corrected chi connectivity index (χ1v) is 7.54. The highest BCUT2D eigenvalue weighted by Gasteiger charge is 2.15. The van der Waals surface area contributed by atoms with Crippen molar-refractivity contribution in [2.45, 2.75) is 57.5 Å². The van der Waals surface area contributed by atoms with E-state index in [0.717, 1.165) is 16.9 Å². The van der Waals surface area contributed by atoms with Crippen LogP contribution in [0.4, 0.5) is 0 Å². The molecule has 2 rings (SSSR count). The minimum absolute atomic E-state index is 0.583. The Morgan fingerprint density at radius 1 is 1.18 bits per heavy atom. The first-order chi connectivity index (χ1) is 8.24. The molecule has 1 fully saturated rings. The van der Waals surface area contributed by atoms with E-state index in [9.17, 15) is 0 Å². The maximum absolute atomic E-state index is 3.77. The molecular formula is C15H22BrN. The molecule has 0 aliphatic heterocycles. The van der Waals surface area contributed by atoms with Gasteiger partial charge in [-0.25, -0.2) is 0 Å². The van der Waals surface area contributed by atoms with E-state index in [1.807, 2.05) is 0 Å². The zero-order valence-corrected chi connectivity index (χ0v) is 12.2. The molecule has 1 aromatic carbocycles. The maximum atomic E-state index is 3.77. The van der Waals surface area contributed by atoms with Gasteiger partial charge in [-0.3, -0.25) is 0 Å². The second kappa shape index (κ2) is 6.55. The summed E-state index contributed by atoms with van der Waals surface area (Å²) < 4.78 is 1.16. The molecule has 0 heterocycles. The molecule has 0 spiro atoms. The Hall–Kier alpha value is -0.340. The fourth-order valence-electron chi connectivity index (χ4n) is 2.70. The van der Waals surface area contributed by atoms with Crippen molar-refractivity contribution >= 4 is 15.9 Å². The lowest BCUT2D eigenvalue weighted by molar-refractivity contribution is 0.343. The summed E-state index contributed by atoms with van der Waals surface area (Å²) in [5.74, 6) is 0. The van der Waals surface area contributed by atoms with Gasteiger partial charge in [0, 0.05) is 16.6 Å². The molecule has 1 N–H and O–H groups in total. The minimum atomic E-state index is 0.583. The normalized spacial score (nSPS) is 19.2. The zero-order chi connectivity index (χ0) is 12.1. The Morgan fingerprint density at radius 3 is 2.47 bits per heavy atom. The van der Waals surface area contributed by atoms with Crippen LogP contribution in [0, 0.1) is 0 Å². The van der Waals surface area contributed by atoms with Crippen LogP contribution < -0.4 is 5.32 Å². The molecule has 94 valence electrons. The topological polar surface area (TPSA) is 12.0 Å². The highest BCUT2D eigenvalue weighted by molar-refractivity contribution is 9.10. The molecule has 0 saturated heterocycles. The average Bonchev–Trinajstić information content (AvgIpc) is 2.33. The van der Waals surface area contributed by atoms with Crippen molar-refractivity contribution in [2.75, 3.05) is 0 Å². The number of hydrogen-bond donors (Lipinski definition) is 1. The summed E-state index contributed by atoms with van der Waals surface area (Å²) >= 11 is 3.48. The number of halogens is 1. The monoisotopic (exact) mass is 295 g/mol. The van der Waals surface area contributed by atoms with Gasteiger partial charge in [0.1, 0.15) is 0 Å². The van der Waals surface area contributed by atoms with Crippen molar-refractivity contribution in [1.29, 1.82) is 0 Å². The predicted octanol–water partition coefficient (Wildman–Crippen LogP) is 4.30. The van der Waals surface area contributed by atoms with Crippen LogP contribution in [0.3, 0.4) is 0 Å². The molecule has 1 aromatic rings. The van der Waals surface area contributed by atoms with Crippen molar-refractivity contribution in [1.82, 2.24) is 5.32 Å². The summed E-state index contributed by atoms with van der Waals surface area (Å²) in [6.45, 7) is 2.30. The highest BCUT2D eigenvalue weighted by atomic mass is 79.9. The zero-order valence-electron chi connectivity index (χ0n) is 10.6. The number of nitrogens with one attached hydrogen (secondary N) is 1. The molecule has 1 unspecified atom stereocenters. The predicted molar refractivity (Wildman–Crippen MR) is 77.3 cm³/mol. The fourth-order valence-corrected chi connectivity index (χ4v) is 2.97. The Bertz CT molecular complexity index is 327. The Labute approximate surface area is 113 Å².